The van der Waals surface area contributed by atoms with Crippen LogP contribution in [-0.2, 0) is 17.4 Å². The fourth-order valence-electron chi connectivity index (χ4n) is 4.19. The van der Waals surface area contributed by atoms with Crippen molar-refractivity contribution in [1.82, 2.24) is 20.1 Å². The smallest absolute Gasteiger partial charge is 0.290 e. The minimum absolute atomic E-state index is 0.160. The first-order chi connectivity index (χ1) is 16.0. The molecule has 8 heteroatoms. The summed E-state index contributed by atoms with van der Waals surface area (Å²) in [6.07, 6.45) is 4.21. The molecule has 8 nitrogen and oxygen atoms in total. The van der Waals surface area contributed by atoms with Crippen LogP contribution in [-0.4, -0.2) is 38.9 Å². The van der Waals surface area contributed by atoms with Crippen molar-refractivity contribution in [2.24, 2.45) is 7.05 Å². The highest BCUT2D eigenvalue weighted by atomic mass is 16.5. The molecule has 1 aliphatic heterocycles. The van der Waals surface area contributed by atoms with E-state index in [9.17, 15) is 4.79 Å². The zero-order valence-corrected chi connectivity index (χ0v) is 18.4. The number of hydrogen-bond acceptors (Lipinski definition) is 5. The Morgan fingerprint density at radius 1 is 1.18 bits per heavy atom. The third-order valence-corrected chi connectivity index (χ3v) is 5.69. The van der Waals surface area contributed by atoms with Gasteiger partial charge in [-0.05, 0) is 36.8 Å². The van der Waals surface area contributed by atoms with Gasteiger partial charge in [0.2, 0.25) is 0 Å². The summed E-state index contributed by atoms with van der Waals surface area (Å²) in [4.78, 5) is 26.6. The second-order valence-corrected chi connectivity index (χ2v) is 7.82. The Kier molecular flexibility index (Phi) is 6.08. The Morgan fingerprint density at radius 2 is 1.94 bits per heavy atom. The lowest BCUT2D eigenvalue weighted by Gasteiger charge is -2.39. The number of nitrogens with one attached hydrogen (secondary N) is 1. The highest BCUT2D eigenvalue weighted by Crippen LogP contribution is 2.40. The van der Waals surface area contributed by atoms with E-state index in [0.29, 0.717) is 24.3 Å². The predicted octanol–water partition coefficient (Wildman–Crippen LogP) is 3.43. The van der Waals surface area contributed by atoms with Crippen molar-refractivity contribution in [2.75, 3.05) is 6.61 Å². The number of carbonyl (C=O) groups is 2. The van der Waals surface area contributed by atoms with Crippen LogP contribution in [0.1, 0.15) is 33.6 Å². The summed E-state index contributed by atoms with van der Waals surface area (Å²) in [5, 5.41) is 15.5. The summed E-state index contributed by atoms with van der Waals surface area (Å²) in [6, 6.07) is 17.6. The number of carbonyl (C=O) groups excluding carboxylic acids is 1. The van der Waals surface area contributed by atoms with Crippen LogP contribution < -0.4 is 10.1 Å². The molecule has 33 heavy (non-hydrogen) atoms. The van der Waals surface area contributed by atoms with E-state index in [1.807, 2.05) is 50.5 Å². The molecule has 0 fully saturated rings. The van der Waals surface area contributed by atoms with Crippen molar-refractivity contribution in [3.05, 3.63) is 89.4 Å². The van der Waals surface area contributed by atoms with E-state index in [1.165, 1.54) is 0 Å². The Bertz CT molecular complexity index is 1300. The topological polar surface area (TPSA) is 106 Å². The van der Waals surface area contributed by atoms with Crippen LogP contribution in [0.25, 0.3) is 10.9 Å². The first-order valence-electron chi connectivity index (χ1n) is 10.5. The number of benzene rings is 2. The van der Waals surface area contributed by atoms with Gasteiger partial charge in [-0.15, -0.1) is 0 Å². The molecule has 0 spiro atoms. The number of ether oxygens (including phenoxy) is 1. The van der Waals surface area contributed by atoms with Gasteiger partial charge in [-0.3, -0.25) is 19.3 Å². The molecule has 1 atom stereocenters. The molecule has 3 heterocycles. The number of rotatable bonds is 3. The van der Waals surface area contributed by atoms with Crippen LogP contribution in [0.15, 0.2) is 67.0 Å². The number of carboxylic acid groups (broad SMARTS) is 1. The second kappa shape index (κ2) is 9.12. The molecule has 1 amide bonds. The monoisotopic (exact) mass is 444 g/mol. The van der Waals surface area contributed by atoms with Gasteiger partial charge < -0.3 is 15.2 Å². The molecule has 4 aromatic rings. The highest BCUT2D eigenvalue weighted by molar-refractivity contribution is 6.06. The molecule has 2 N–H and O–H groups in total. The molecule has 5 rings (SSSR count). The molecule has 2 aromatic heterocycles. The maximum Gasteiger partial charge on any atom is 0.290 e. The third-order valence-electron chi connectivity index (χ3n) is 5.69. The van der Waals surface area contributed by atoms with Crippen LogP contribution >= 0.6 is 0 Å². The molecule has 2 aromatic carbocycles. The molecular weight excluding hydrogens is 420 g/mol. The molecule has 0 aliphatic carbocycles. The van der Waals surface area contributed by atoms with E-state index >= 15 is 0 Å². The van der Waals surface area contributed by atoms with Gasteiger partial charge in [-0.25, -0.2) is 0 Å². The number of fused-ring (bicyclic) bond motifs is 2. The lowest BCUT2D eigenvalue weighted by molar-refractivity contribution is -0.122. The average molecular weight is 444 g/mol. The van der Waals surface area contributed by atoms with Gasteiger partial charge in [0.15, 0.2) is 0 Å². The van der Waals surface area contributed by atoms with Crippen LogP contribution in [0.5, 0.6) is 5.75 Å². The van der Waals surface area contributed by atoms with Gasteiger partial charge in [0.05, 0.1) is 17.7 Å². The fraction of sp³-hybridized carbons (Fsp3) is 0.200. The summed E-state index contributed by atoms with van der Waals surface area (Å²) in [5.41, 5.74) is 3.49. The summed E-state index contributed by atoms with van der Waals surface area (Å²) < 4.78 is 7.58. The second-order valence-electron chi connectivity index (χ2n) is 7.82. The number of hydrogen-bond donors (Lipinski definition) is 2. The first kappa shape index (κ1) is 22.0. The van der Waals surface area contributed by atoms with Gasteiger partial charge in [-0.2, -0.15) is 5.10 Å². The Labute approximate surface area is 190 Å². The summed E-state index contributed by atoms with van der Waals surface area (Å²) >= 11 is 0. The zero-order chi connectivity index (χ0) is 23.4. The SMILES string of the molecule is Cc1ccc([C@@]2(NC(=O)c3cccc4nn(C)cc34)CCOc3cccnc32)cc1.O=CO. The molecule has 0 bridgehead atoms. The van der Waals surface area contributed by atoms with E-state index in [1.54, 1.807) is 10.9 Å². The van der Waals surface area contributed by atoms with Crippen molar-refractivity contribution in [3.8, 4) is 5.75 Å². The standard InChI is InChI=1S/C24H22N4O2.CH2O2/c1-16-8-10-17(11-9-16)24(12-14-30-21-7-4-13-25-22(21)24)26-23(29)18-5-3-6-20-19(18)15-28(2)27-20;2-1-3/h3-11,13,15H,12,14H2,1-2H3,(H,26,29);1H,(H,2,3)/t24-;/m0./s1. The first-order valence-corrected chi connectivity index (χ1v) is 10.5. The van der Waals surface area contributed by atoms with Crippen molar-refractivity contribution in [2.45, 2.75) is 18.9 Å². The lowest BCUT2D eigenvalue weighted by Crippen LogP contribution is -2.50. The van der Waals surface area contributed by atoms with Gasteiger partial charge in [-0.1, -0.05) is 35.9 Å². The molecule has 0 unspecified atom stereocenters. The summed E-state index contributed by atoms with van der Waals surface area (Å²) in [7, 11) is 1.86. The number of amides is 1. The van der Waals surface area contributed by atoms with E-state index in [-0.39, 0.29) is 12.4 Å². The summed E-state index contributed by atoms with van der Waals surface area (Å²) in [6.45, 7) is 2.29. The largest absolute Gasteiger partial charge is 0.491 e. The zero-order valence-electron chi connectivity index (χ0n) is 18.4. The van der Waals surface area contributed by atoms with Crippen molar-refractivity contribution < 1.29 is 19.4 Å². The summed E-state index contributed by atoms with van der Waals surface area (Å²) in [5.74, 6) is 0.539. The van der Waals surface area contributed by atoms with E-state index in [0.717, 1.165) is 27.7 Å². The fourth-order valence-corrected chi connectivity index (χ4v) is 4.19. The highest BCUT2D eigenvalue weighted by Gasteiger charge is 2.42. The molecule has 0 saturated heterocycles. The average Bonchev–Trinajstić information content (AvgIpc) is 3.20. The normalized spacial score (nSPS) is 16.7. The number of aromatic nitrogens is 3. The quantitative estimate of drug-likeness (QED) is 0.469. The molecule has 1 aliphatic rings. The lowest BCUT2D eigenvalue weighted by atomic mass is 9.81. The van der Waals surface area contributed by atoms with Crippen molar-refractivity contribution in [3.63, 3.8) is 0 Å². The molecular formula is C25H24N4O4. The van der Waals surface area contributed by atoms with E-state index < -0.39 is 5.54 Å². The van der Waals surface area contributed by atoms with Gasteiger partial charge >= 0.3 is 0 Å². The van der Waals surface area contributed by atoms with Crippen LogP contribution in [0.4, 0.5) is 0 Å². The Morgan fingerprint density at radius 3 is 2.70 bits per heavy atom. The molecule has 0 radical (unpaired) electrons. The van der Waals surface area contributed by atoms with Gasteiger partial charge in [0, 0.05) is 31.2 Å². The Balaban J connectivity index is 0.000000821. The minimum Gasteiger partial charge on any atom is -0.491 e. The number of nitrogens with zero attached hydrogens (tertiary/aromatic N) is 3. The maximum absolute atomic E-state index is 13.6. The number of aryl methyl sites for hydroxylation is 2. The van der Waals surface area contributed by atoms with Gasteiger partial charge in [0.1, 0.15) is 17.0 Å². The van der Waals surface area contributed by atoms with Crippen molar-refractivity contribution in [1.29, 1.82) is 0 Å². The predicted molar refractivity (Wildman–Crippen MR) is 123 cm³/mol. The van der Waals surface area contributed by atoms with Crippen LogP contribution in [0.3, 0.4) is 0 Å². The maximum atomic E-state index is 13.6. The minimum atomic E-state index is -0.774. The number of pyridine rings is 1. The van der Waals surface area contributed by atoms with Gasteiger partial charge in [0.25, 0.3) is 12.4 Å². The Hall–Kier alpha value is -4.20. The van der Waals surface area contributed by atoms with Crippen molar-refractivity contribution >= 4 is 23.3 Å². The molecule has 0 saturated carbocycles. The van der Waals surface area contributed by atoms with E-state index in [2.05, 4.69) is 39.7 Å². The van der Waals surface area contributed by atoms with Crippen LogP contribution in [0, 0.1) is 6.92 Å². The third kappa shape index (κ3) is 4.15. The molecule has 168 valence electrons. The van der Waals surface area contributed by atoms with E-state index in [4.69, 9.17) is 14.6 Å². The van der Waals surface area contributed by atoms with Crippen LogP contribution in [0.2, 0.25) is 0 Å².